The summed E-state index contributed by atoms with van der Waals surface area (Å²) in [5, 5.41) is 0.444. The molecular formula is C16H18FN3OS. The summed E-state index contributed by atoms with van der Waals surface area (Å²) >= 11 is 1.46. The van der Waals surface area contributed by atoms with Crippen LogP contribution in [0.5, 0.6) is 0 Å². The van der Waals surface area contributed by atoms with E-state index in [-0.39, 0.29) is 17.0 Å². The Balaban J connectivity index is 1.63. The minimum atomic E-state index is -0.346. The van der Waals surface area contributed by atoms with E-state index < -0.39 is 0 Å². The van der Waals surface area contributed by atoms with Gasteiger partial charge in [0.2, 0.25) is 0 Å². The van der Waals surface area contributed by atoms with Crippen molar-refractivity contribution < 1.29 is 9.18 Å². The van der Waals surface area contributed by atoms with Gasteiger partial charge in [-0.15, -0.1) is 6.58 Å². The summed E-state index contributed by atoms with van der Waals surface area (Å²) in [7, 11) is 0. The summed E-state index contributed by atoms with van der Waals surface area (Å²) in [6, 6.07) is 6.08. The topological polar surface area (TPSA) is 35.9 Å². The normalized spacial score (nSPS) is 22.8. The van der Waals surface area contributed by atoms with Crippen molar-refractivity contribution in [2.45, 2.75) is 5.25 Å². The number of benzene rings is 1. The lowest BCUT2D eigenvalue weighted by Gasteiger charge is -2.34. The lowest BCUT2D eigenvalue weighted by molar-refractivity contribution is -0.117. The molecule has 0 bridgehead atoms. The number of amides is 1. The summed E-state index contributed by atoms with van der Waals surface area (Å²) in [6.07, 6.45) is 1.91. The summed E-state index contributed by atoms with van der Waals surface area (Å²) in [4.78, 5) is 20.8. The zero-order chi connectivity index (χ0) is 15.5. The van der Waals surface area contributed by atoms with Gasteiger partial charge in [0.1, 0.15) is 11.1 Å². The first kappa shape index (κ1) is 15.2. The molecule has 1 saturated heterocycles. The molecule has 1 unspecified atom stereocenters. The molecule has 2 aliphatic heterocycles. The predicted octanol–water partition coefficient (Wildman–Crippen LogP) is 2.30. The highest BCUT2D eigenvalue weighted by Gasteiger charge is 2.33. The Hall–Kier alpha value is -1.66. The number of aliphatic imine (C=N–C) groups is 1. The van der Waals surface area contributed by atoms with E-state index in [1.54, 1.807) is 12.1 Å². The number of rotatable bonds is 3. The molecule has 6 heteroatoms. The second kappa shape index (κ2) is 6.62. The van der Waals surface area contributed by atoms with Crippen LogP contribution in [0, 0.1) is 5.82 Å². The highest BCUT2D eigenvalue weighted by Crippen LogP contribution is 2.37. The van der Waals surface area contributed by atoms with Gasteiger partial charge < -0.3 is 4.90 Å². The van der Waals surface area contributed by atoms with Gasteiger partial charge in [0.05, 0.1) is 0 Å². The van der Waals surface area contributed by atoms with Crippen molar-refractivity contribution in [3.05, 3.63) is 48.3 Å². The smallest absolute Gasteiger partial charge is 0.266 e. The van der Waals surface area contributed by atoms with E-state index in [0.29, 0.717) is 0 Å². The third-order valence-electron chi connectivity index (χ3n) is 3.86. The third-order valence-corrected chi connectivity index (χ3v) is 5.13. The molecule has 0 N–H and O–H groups in total. The SMILES string of the molecule is C=CCN1CCN(C2=NC(=O)C(c3ccc(F)cc3)S2)CC1. The predicted molar refractivity (Wildman–Crippen MR) is 87.4 cm³/mol. The number of carbonyl (C=O) groups excluding carboxylic acids is 1. The summed E-state index contributed by atoms with van der Waals surface area (Å²) in [5.41, 5.74) is 0.806. The summed E-state index contributed by atoms with van der Waals surface area (Å²) in [6.45, 7) is 8.27. The van der Waals surface area contributed by atoms with Gasteiger partial charge in [0.15, 0.2) is 5.17 Å². The van der Waals surface area contributed by atoms with Crippen LogP contribution < -0.4 is 0 Å². The van der Waals surface area contributed by atoms with Crippen molar-refractivity contribution in [2.75, 3.05) is 32.7 Å². The number of nitrogens with zero attached hydrogens (tertiary/aromatic N) is 3. The first-order valence-corrected chi connectivity index (χ1v) is 8.18. The second-order valence-electron chi connectivity index (χ2n) is 5.36. The minimum absolute atomic E-state index is 0.153. The maximum absolute atomic E-state index is 13.0. The standard InChI is InChI=1S/C16H18FN3OS/c1-2-7-19-8-10-20(11-9-19)16-18-15(21)14(22-16)12-3-5-13(17)6-4-12/h2-6,14H,1,7-11H2. The van der Waals surface area contributed by atoms with Crippen molar-refractivity contribution in [1.29, 1.82) is 0 Å². The van der Waals surface area contributed by atoms with Crippen LogP contribution in [-0.4, -0.2) is 53.6 Å². The van der Waals surface area contributed by atoms with Crippen LogP contribution in [0.15, 0.2) is 41.9 Å². The Morgan fingerprint density at radius 2 is 1.95 bits per heavy atom. The molecule has 1 aromatic carbocycles. The Kier molecular flexibility index (Phi) is 4.59. The number of hydrogen-bond donors (Lipinski definition) is 0. The Bertz CT molecular complexity index is 594. The van der Waals surface area contributed by atoms with Crippen LogP contribution in [0.2, 0.25) is 0 Å². The Labute approximate surface area is 133 Å². The maximum atomic E-state index is 13.0. The molecule has 3 rings (SSSR count). The second-order valence-corrected chi connectivity index (χ2v) is 6.43. The van der Waals surface area contributed by atoms with E-state index in [1.165, 1.54) is 23.9 Å². The Morgan fingerprint density at radius 1 is 1.27 bits per heavy atom. The largest absolute Gasteiger partial charge is 0.348 e. The van der Waals surface area contributed by atoms with Crippen molar-refractivity contribution in [1.82, 2.24) is 9.80 Å². The molecule has 1 atom stereocenters. The van der Waals surface area contributed by atoms with Crippen molar-refractivity contribution >= 4 is 22.8 Å². The number of piperazine rings is 1. The molecule has 1 aromatic rings. The number of amidine groups is 1. The van der Waals surface area contributed by atoms with E-state index in [1.807, 2.05) is 6.08 Å². The van der Waals surface area contributed by atoms with Gasteiger partial charge in [-0.3, -0.25) is 9.69 Å². The van der Waals surface area contributed by atoms with Gasteiger partial charge >= 0.3 is 0 Å². The van der Waals surface area contributed by atoms with Gasteiger partial charge in [-0.1, -0.05) is 30.0 Å². The van der Waals surface area contributed by atoms with Crippen LogP contribution >= 0.6 is 11.8 Å². The first-order valence-electron chi connectivity index (χ1n) is 7.30. The minimum Gasteiger partial charge on any atom is -0.348 e. The highest BCUT2D eigenvalue weighted by atomic mass is 32.2. The van der Waals surface area contributed by atoms with Crippen molar-refractivity contribution in [2.24, 2.45) is 4.99 Å². The van der Waals surface area contributed by atoms with Gasteiger partial charge in [-0.05, 0) is 17.7 Å². The molecule has 1 amide bonds. The quantitative estimate of drug-likeness (QED) is 0.801. The monoisotopic (exact) mass is 319 g/mol. The molecule has 0 saturated carbocycles. The molecular weight excluding hydrogens is 301 g/mol. The number of carbonyl (C=O) groups is 1. The van der Waals surface area contributed by atoms with E-state index in [9.17, 15) is 9.18 Å². The zero-order valence-corrected chi connectivity index (χ0v) is 13.1. The molecule has 0 aromatic heterocycles. The lowest BCUT2D eigenvalue weighted by Crippen LogP contribution is -2.47. The lowest BCUT2D eigenvalue weighted by atomic mass is 10.1. The fraction of sp³-hybridized carbons (Fsp3) is 0.375. The maximum Gasteiger partial charge on any atom is 0.266 e. The zero-order valence-electron chi connectivity index (χ0n) is 12.2. The van der Waals surface area contributed by atoms with Gasteiger partial charge in [0, 0.05) is 32.7 Å². The average Bonchev–Trinajstić information content (AvgIpc) is 2.91. The third kappa shape index (κ3) is 3.23. The summed E-state index contributed by atoms with van der Waals surface area (Å²) in [5.74, 6) is -0.446. The van der Waals surface area contributed by atoms with E-state index in [0.717, 1.165) is 43.5 Å². The average molecular weight is 319 g/mol. The van der Waals surface area contributed by atoms with Crippen LogP contribution in [0.3, 0.4) is 0 Å². The van der Waals surface area contributed by atoms with Crippen LogP contribution in [0.25, 0.3) is 0 Å². The number of halogens is 1. The number of hydrogen-bond acceptors (Lipinski definition) is 4. The van der Waals surface area contributed by atoms with E-state index >= 15 is 0 Å². The molecule has 4 nitrogen and oxygen atoms in total. The van der Waals surface area contributed by atoms with Crippen molar-refractivity contribution in [3.63, 3.8) is 0 Å². The summed E-state index contributed by atoms with van der Waals surface area (Å²) < 4.78 is 13.0. The molecule has 116 valence electrons. The molecule has 0 spiro atoms. The van der Waals surface area contributed by atoms with Gasteiger partial charge in [-0.25, -0.2) is 4.39 Å². The fourth-order valence-corrected chi connectivity index (χ4v) is 3.76. The molecule has 0 aliphatic carbocycles. The van der Waals surface area contributed by atoms with Crippen LogP contribution in [0.4, 0.5) is 4.39 Å². The van der Waals surface area contributed by atoms with E-state index in [4.69, 9.17) is 0 Å². The highest BCUT2D eigenvalue weighted by molar-refractivity contribution is 8.15. The van der Waals surface area contributed by atoms with E-state index in [2.05, 4.69) is 21.4 Å². The molecule has 2 aliphatic rings. The Morgan fingerprint density at radius 3 is 2.59 bits per heavy atom. The number of thioether (sulfide) groups is 1. The van der Waals surface area contributed by atoms with Crippen LogP contribution in [-0.2, 0) is 4.79 Å². The molecule has 2 heterocycles. The molecule has 1 fully saturated rings. The first-order chi connectivity index (χ1) is 10.7. The van der Waals surface area contributed by atoms with Crippen LogP contribution in [0.1, 0.15) is 10.8 Å². The van der Waals surface area contributed by atoms with Crippen molar-refractivity contribution in [3.8, 4) is 0 Å². The van der Waals surface area contributed by atoms with Gasteiger partial charge in [0.25, 0.3) is 5.91 Å². The van der Waals surface area contributed by atoms with Gasteiger partial charge in [-0.2, -0.15) is 4.99 Å². The molecule has 22 heavy (non-hydrogen) atoms. The fourth-order valence-electron chi connectivity index (χ4n) is 2.63. The molecule has 0 radical (unpaired) electrons.